The molecule has 0 radical (unpaired) electrons. The quantitative estimate of drug-likeness (QED) is 0.492. The molecule has 0 N–H and O–H groups in total. The Morgan fingerprint density at radius 1 is 1.06 bits per heavy atom. The first-order valence-electron chi connectivity index (χ1n) is 6.43. The number of hydrogen-bond donors (Lipinski definition) is 0. The lowest BCUT2D eigenvalue weighted by Crippen LogP contribution is -2.35. The first kappa shape index (κ1) is 16.9. The van der Waals surface area contributed by atoms with Gasteiger partial charge in [-0.3, -0.25) is 9.59 Å². The summed E-state index contributed by atoms with van der Waals surface area (Å²) in [5, 5.41) is 0. The van der Waals surface area contributed by atoms with Crippen molar-refractivity contribution in [2.24, 2.45) is 0 Å². The molecule has 0 unspecified atom stereocenters. The van der Waals surface area contributed by atoms with Gasteiger partial charge in [-0.2, -0.15) is 0 Å². The maximum Gasteiger partial charge on any atom is 0.310 e. The van der Waals surface area contributed by atoms with Crippen molar-refractivity contribution < 1.29 is 19.1 Å². The summed E-state index contributed by atoms with van der Waals surface area (Å²) in [6.07, 6.45) is 1.34. The van der Waals surface area contributed by atoms with E-state index in [1.807, 2.05) is 25.8 Å². The Morgan fingerprint density at radius 2 is 1.56 bits per heavy atom. The predicted molar refractivity (Wildman–Crippen MR) is 69.0 cm³/mol. The first-order valence-corrected chi connectivity index (χ1v) is 6.43. The van der Waals surface area contributed by atoms with Crippen LogP contribution in [0, 0.1) is 0 Å². The molecule has 0 saturated heterocycles. The van der Waals surface area contributed by atoms with Crippen molar-refractivity contribution in [2.75, 3.05) is 20.1 Å². The molecule has 0 rings (SSSR count). The fourth-order valence-corrected chi connectivity index (χ4v) is 1.32. The molecule has 18 heavy (non-hydrogen) atoms. The number of hydrogen-bond acceptors (Lipinski definition) is 5. The van der Waals surface area contributed by atoms with Crippen LogP contribution in [0.25, 0.3) is 0 Å². The van der Waals surface area contributed by atoms with Gasteiger partial charge in [-0.15, -0.1) is 0 Å². The molecule has 0 aliphatic carbocycles. The van der Waals surface area contributed by atoms with Gasteiger partial charge in [0.05, 0.1) is 6.42 Å². The number of rotatable bonds is 8. The average Bonchev–Trinajstić information content (AvgIpc) is 2.24. The summed E-state index contributed by atoms with van der Waals surface area (Å²) in [5.74, 6) is -1.89. The largest absolute Gasteiger partial charge is 0.423 e. The van der Waals surface area contributed by atoms with E-state index in [1.165, 1.54) is 0 Å². The lowest BCUT2D eigenvalue weighted by atomic mass is 10.3. The van der Waals surface area contributed by atoms with Crippen LogP contribution >= 0.6 is 0 Å². The number of nitrogens with zero attached hydrogens (tertiary/aromatic N) is 1. The van der Waals surface area contributed by atoms with Crippen LogP contribution < -0.4 is 0 Å². The molecule has 0 aromatic rings. The highest BCUT2D eigenvalue weighted by Crippen LogP contribution is 2.14. The highest BCUT2D eigenvalue weighted by atomic mass is 16.7. The number of esters is 2. The number of carbonyl (C=O) groups excluding carboxylic acids is 2. The van der Waals surface area contributed by atoms with Crippen LogP contribution in [0.5, 0.6) is 0 Å². The van der Waals surface area contributed by atoms with Crippen molar-refractivity contribution >= 4 is 11.9 Å². The van der Waals surface area contributed by atoms with Crippen LogP contribution in [0.15, 0.2) is 0 Å². The molecule has 0 fully saturated rings. The van der Waals surface area contributed by atoms with Crippen LogP contribution in [0.4, 0.5) is 0 Å². The van der Waals surface area contributed by atoms with Crippen LogP contribution in [-0.4, -0.2) is 42.8 Å². The molecule has 106 valence electrons. The summed E-state index contributed by atoms with van der Waals surface area (Å²) in [6, 6.07) is 0. The lowest BCUT2D eigenvalue weighted by Gasteiger charge is -2.25. The molecule has 0 saturated carbocycles. The van der Waals surface area contributed by atoms with Gasteiger partial charge in [0.2, 0.25) is 0 Å². The number of ether oxygens (including phenoxy) is 2. The SMILES string of the molecule is CCCC(=O)OC(C)(C)OC(=O)CCN(C)CC. The Morgan fingerprint density at radius 3 is 2.00 bits per heavy atom. The smallest absolute Gasteiger partial charge is 0.310 e. The van der Waals surface area contributed by atoms with Crippen molar-refractivity contribution in [3.63, 3.8) is 0 Å². The van der Waals surface area contributed by atoms with Gasteiger partial charge in [-0.05, 0) is 20.0 Å². The van der Waals surface area contributed by atoms with Gasteiger partial charge < -0.3 is 14.4 Å². The van der Waals surface area contributed by atoms with Crippen LogP contribution in [0.2, 0.25) is 0 Å². The summed E-state index contributed by atoms with van der Waals surface area (Å²) >= 11 is 0. The van der Waals surface area contributed by atoms with E-state index < -0.39 is 5.79 Å². The van der Waals surface area contributed by atoms with Crippen LogP contribution in [0.1, 0.15) is 47.0 Å². The van der Waals surface area contributed by atoms with Gasteiger partial charge in [0.25, 0.3) is 5.79 Å². The summed E-state index contributed by atoms with van der Waals surface area (Å²) in [7, 11) is 1.93. The third-order valence-electron chi connectivity index (χ3n) is 2.41. The van der Waals surface area contributed by atoms with Crippen LogP contribution in [0.3, 0.4) is 0 Å². The molecular formula is C13H25NO4. The van der Waals surface area contributed by atoms with Gasteiger partial charge in [-0.25, -0.2) is 0 Å². The van der Waals surface area contributed by atoms with Crippen molar-refractivity contribution in [3.8, 4) is 0 Å². The first-order chi connectivity index (χ1) is 8.30. The molecule has 5 nitrogen and oxygen atoms in total. The molecular weight excluding hydrogens is 234 g/mol. The van der Waals surface area contributed by atoms with Gasteiger partial charge in [0.15, 0.2) is 0 Å². The summed E-state index contributed by atoms with van der Waals surface area (Å²) in [5.41, 5.74) is 0. The highest BCUT2D eigenvalue weighted by molar-refractivity contribution is 5.72. The van der Waals surface area contributed by atoms with Crippen molar-refractivity contribution in [1.82, 2.24) is 4.90 Å². The van der Waals surface area contributed by atoms with E-state index in [2.05, 4.69) is 0 Å². The van der Waals surface area contributed by atoms with Gasteiger partial charge >= 0.3 is 11.9 Å². The zero-order valence-corrected chi connectivity index (χ0v) is 12.1. The molecule has 0 aromatic carbocycles. The minimum Gasteiger partial charge on any atom is -0.423 e. The molecule has 0 aromatic heterocycles. The molecule has 0 amide bonds. The summed E-state index contributed by atoms with van der Waals surface area (Å²) in [4.78, 5) is 24.9. The van der Waals surface area contributed by atoms with E-state index in [9.17, 15) is 9.59 Å². The number of carbonyl (C=O) groups is 2. The third-order valence-corrected chi connectivity index (χ3v) is 2.41. The molecule has 0 atom stereocenters. The zero-order chi connectivity index (χ0) is 14.2. The molecule has 0 aliphatic heterocycles. The Labute approximate surface area is 109 Å². The minimum atomic E-state index is -1.19. The summed E-state index contributed by atoms with van der Waals surface area (Å²) < 4.78 is 10.2. The lowest BCUT2D eigenvalue weighted by molar-refractivity contribution is -0.216. The monoisotopic (exact) mass is 259 g/mol. The predicted octanol–water partition coefficient (Wildman–Crippen LogP) is 1.95. The highest BCUT2D eigenvalue weighted by Gasteiger charge is 2.26. The van der Waals surface area contributed by atoms with Crippen molar-refractivity contribution in [3.05, 3.63) is 0 Å². The van der Waals surface area contributed by atoms with E-state index in [1.54, 1.807) is 13.8 Å². The Hall–Kier alpha value is -1.10. The topological polar surface area (TPSA) is 55.8 Å². The van der Waals surface area contributed by atoms with Gasteiger partial charge in [-0.1, -0.05) is 13.8 Å². The second-order valence-corrected chi connectivity index (χ2v) is 4.74. The Kier molecular flexibility index (Phi) is 7.59. The molecule has 0 spiro atoms. The third kappa shape index (κ3) is 8.06. The molecule has 0 bridgehead atoms. The van der Waals surface area contributed by atoms with E-state index in [-0.39, 0.29) is 11.9 Å². The maximum absolute atomic E-state index is 11.6. The Balaban J connectivity index is 4.06. The second kappa shape index (κ2) is 8.08. The Bertz CT molecular complexity index is 276. The van der Waals surface area contributed by atoms with E-state index in [0.29, 0.717) is 25.8 Å². The fraction of sp³-hybridized carbons (Fsp3) is 0.846. The maximum atomic E-state index is 11.6. The van der Waals surface area contributed by atoms with Crippen molar-refractivity contribution in [2.45, 2.75) is 52.7 Å². The second-order valence-electron chi connectivity index (χ2n) is 4.74. The average molecular weight is 259 g/mol. The zero-order valence-electron chi connectivity index (χ0n) is 12.1. The van der Waals surface area contributed by atoms with Crippen molar-refractivity contribution in [1.29, 1.82) is 0 Å². The molecule has 0 aliphatic rings. The molecule has 0 heterocycles. The van der Waals surface area contributed by atoms with Gasteiger partial charge in [0.1, 0.15) is 0 Å². The van der Waals surface area contributed by atoms with E-state index in [0.717, 1.165) is 6.54 Å². The minimum absolute atomic E-state index is 0.291. The molecule has 5 heteroatoms. The van der Waals surface area contributed by atoms with E-state index >= 15 is 0 Å². The summed E-state index contributed by atoms with van der Waals surface area (Å²) in [6.45, 7) is 8.56. The van der Waals surface area contributed by atoms with Gasteiger partial charge in [0, 0.05) is 26.8 Å². The normalized spacial score (nSPS) is 11.4. The van der Waals surface area contributed by atoms with E-state index in [4.69, 9.17) is 9.47 Å². The fourth-order valence-electron chi connectivity index (χ4n) is 1.32. The standard InChI is InChI=1S/C13H25NO4/c1-6-8-11(15)17-13(3,4)18-12(16)9-10-14(5)7-2/h6-10H2,1-5H3. The van der Waals surface area contributed by atoms with Crippen LogP contribution in [-0.2, 0) is 19.1 Å².